The van der Waals surface area contributed by atoms with Crippen LogP contribution in [0.4, 0.5) is 0 Å². The predicted molar refractivity (Wildman–Crippen MR) is 92.6 cm³/mol. The van der Waals surface area contributed by atoms with Gasteiger partial charge in [-0.1, -0.05) is 35.4 Å². The van der Waals surface area contributed by atoms with Crippen LogP contribution in [0, 0.1) is 13.8 Å². The van der Waals surface area contributed by atoms with E-state index in [1.807, 2.05) is 48.5 Å². The van der Waals surface area contributed by atoms with Gasteiger partial charge in [0, 0.05) is 13.5 Å². The molecule has 1 aliphatic heterocycles. The molecule has 0 saturated carbocycles. The van der Waals surface area contributed by atoms with Crippen molar-refractivity contribution < 1.29 is 18.9 Å². The van der Waals surface area contributed by atoms with Crippen molar-refractivity contribution in [3.63, 3.8) is 0 Å². The van der Waals surface area contributed by atoms with E-state index in [1.165, 1.54) is 11.1 Å². The van der Waals surface area contributed by atoms with Gasteiger partial charge in [-0.15, -0.1) is 0 Å². The van der Waals surface area contributed by atoms with E-state index in [4.69, 9.17) is 18.9 Å². The van der Waals surface area contributed by atoms with E-state index in [0.29, 0.717) is 13.0 Å². The van der Waals surface area contributed by atoms with Gasteiger partial charge in [-0.2, -0.15) is 0 Å². The van der Waals surface area contributed by atoms with Crippen molar-refractivity contribution in [2.24, 2.45) is 0 Å². The highest BCUT2D eigenvalue weighted by Crippen LogP contribution is 2.27. The van der Waals surface area contributed by atoms with Crippen molar-refractivity contribution in [2.75, 3.05) is 13.7 Å². The molecular formula is C20H24O4. The Kier molecular flexibility index (Phi) is 5.38. The summed E-state index contributed by atoms with van der Waals surface area (Å²) in [4.78, 5) is 0. The van der Waals surface area contributed by atoms with E-state index in [9.17, 15) is 0 Å². The van der Waals surface area contributed by atoms with Crippen LogP contribution in [0.15, 0.2) is 48.5 Å². The fourth-order valence-electron chi connectivity index (χ4n) is 2.71. The van der Waals surface area contributed by atoms with E-state index >= 15 is 0 Å². The third kappa shape index (κ3) is 4.28. The number of hydrogen-bond donors (Lipinski definition) is 0. The Morgan fingerprint density at radius 3 is 2.08 bits per heavy atom. The molecule has 1 saturated heterocycles. The second-order valence-electron chi connectivity index (χ2n) is 6.17. The zero-order valence-corrected chi connectivity index (χ0v) is 14.4. The minimum Gasteiger partial charge on any atom is -0.491 e. The van der Waals surface area contributed by atoms with Crippen molar-refractivity contribution >= 4 is 0 Å². The molecule has 0 aromatic heterocycles. The SMILES string of the molecule is COC1C[C@@H](Oc2ccc(C)cc2)[C@H](COc2ccc(C)cc2)O1. The molecule has 4 nitrogen and oxygen atoms in total. The maximum absolute atomic E-state index is 6.10. The lowest BCUT2D eigenvalue weighted by Gasteiger charge is -2.20. The summed E-state index contributed by atoms with van der Waals surface area (Å²) in [7, 11) is 1.65. The van der Waals surface area contributed by atoms with Gasteiger partial charge in [0.25, 0.3) is 0 Å². The van der Waals surface area contributed by atoms with Crippen LogP contribution in [0.25, 0.3) is 0 Å². The fourth-order valence-corrected chi connectivity index (χ4v) is 2.71. The third-order valence-electron chi connectivity index (χ3n) is 4.17. The van der Waals surface area contributed by atoms with E-state index in [2.05, 4.69) is 13.8 Å². The molecule has 1 aliphatic rings. The van der Waals surface area contributed by atoms with E-state index < -0.39 is 0 Å². The molecule has 0 spiro atoms. The van der Waals surface area contributed by atoms with Crippen molar-refractivity contribution in [3.05, 3.63) is 59.7 Å². The Bertz CT molecular complexity index is 636. The molecule has 0 bridgehead atoms. The molecule has 3 atom stereocenters. The zero-order chi connectivity index (χ0) is 16.9. The van der Waals surface area contributed by atoms with Gasteiger partial charge in [-0.05, 0) is 38.1 Å². The average molecular weight is 328 g/mol. The normalized spacial score (nSPS) is 23.2. The molecule has 24 heavy (non-hydrogen) atoms. The first-order valence-electron chi connectivity index (χ1n) is 8.25. The highest BCUT2D eigenvalue weighted by Gasteiger charge is 2.37. The Hall–Kier alpha value is -2.04. The number of hydrogen-bond acceptors (Lipinski definition) is 4. The Balaban J connectivity index is 1.62. The summed E-state index contributed by atoms with van der Waals surface area (Å²) in [5.74, 6) is 1.67. The van der Waals surface area contributed by atoms with Crippen LogP contribution in [0.5, 0.6) is 11.5 Å². The van der Waals surface area contributed by atoms with Gasteiger partial charge in [0.1, 0.15) is 30.3 Å². The maximum Gasteiger partial charge on any atom is 0.161 e. The summed E-state index contributed by atoms with van der Waals surface area (Å²) in [5.41, 5.74) is 2.42. The highest BCUT2D eigenvalue weighted by atomic mass is 16.7. The monoisotopic (exact) mass is 328 g/mol. The number of methoxy groups -OCH3 is 1. The van der Waals surface area contributed by atoms with Gasteiger partial charge in [-0.3, -0.25) is 0 Å². The zero-order valence-electron chi connectivity index (χ0n) is 14.4. The molecule has 4 heteroatoms. The molecule has 2 aromatic rings. The average Bonchev–Trinajstić information content (AvgIpc) is 2.98. The van der Waals surface area contributed by atoms with E-state index in [1.54, 1.807) is 7.11 Å². The quantitative estimate of drug-likeness (QED) is 0.806. The molecule has 2 aromatic carbocycles. The first-order chi connectivity index (χ1) is 11.6. The molecule has 3 rings (SSSR count). The standard InChI is InChI=1S/C20H24O4/c1-14-4-8-16(9-5-14)22-13-19-18(12-20(21-3)24-19)23-17-10-6-15(2)7-11-17/h4-11,18-20H,12-13H2,1-3H3/t18-,19+,20?/m1/s1. The molecule has 0 radical (unpaired) electrons. The van der Waals surface area contributed by atoms with Crippen molar-refractivity contribution in [1.29, 1.82) is 0 Å². The van der Waals surface area contributed by atoms with Crippen LogP contribution in [-0.2, 0) is 9.47 Å². The smallest absolute Gasteiger partial charge is 0.161 e. The lowest BCUT2D eigenvalue weighted by atomic mass is 10.2. The van der Waals surface area contributed by atoms with Gasteiger partial charge in [-0.25, -0.2) is 0 Å². The summed E-state index contributed by atoms with van der Waals surface area (Å²) in [6, 6.07) is 16.0. The Labute approximate surface area is 143 Å². The maximum atomic E-state index is 6.10. The second-order valence-corrected chi connectivity index (χ2v) is 6.17. The summed E-state index contributed by atoms with van der Waals surface area (Å²) in [6.45, 7) is 4.54. The minimum atomic E-state index is -0.257. The second kappa shape index (κ2) is 7.69. The molecule has 1 unspecified atom stereocenters. The summed E-state index contributed by atoms with van der Waals surface area (Å²) >= 11 is 0. The van der Waals surface area contributed by atoms with E-state index in [-0.39, 0.29) is 18.5 Å². The fraction of sp³-hybridized carbons (Fsp3) is 0.400. The van der Waals surface area contributed by atoms with Gasteiger partial charge >= 0.3 is 0 Å². The van der Waals surface area contributed by atoms with E-state index in [0.717, 1.165) is 11.5 Å². The van der Waals surface area contributed by atoms with Crippen LogP contribution in [0.2, 0.25) is 0 Å². The van der Waals surface area contributed by atoms with Crippen LogP contribution in [-0.4, -0.2) is 32.2 Å². The number of aryl methyl sites for hydroxylation is 2. The number of rotatable bonds is 6. The topological polar surface area (TPSA) is 36.9 Å². The summed E-state index contributed by atoms with van der Waals surface area (Å²) in [5, 5.41) is 0. The van der Waals surface area contributed by atoms with Crippen LogP contribution >= 0.6 is 0 Å². The molecular weight excluding hydrogens is 304 g/mol. The lowest BCUT2D eigenvalue weighted by molar-refractivity contribution is -0.124. The summed E-state index contributed by atoms with van der Waals surface area (Å²) < 4.78 is 23.2. The van der Waals surface area contributed by atoms with Crippen molar-refractivity contribution in [2.45, 2.75) is 38.8 Å². The molecule has 0 aliphatic carbocycles. The van der Waals surface area contributed by atoms with Crippen LogP contribution < -0.4 is 9.47 Å². The third-order valence-corrected chi connectivity index (χ3v) is 4.17. The molecule has 1 heterocycles. The Morgan fingerprint density at radius 2 is 1.50 bits per heavy atom. The van der Waals surface area contributed by atoms with Gasteiger partial charge < -0.3 is 18.9 Å². The van der Waals surface area contributed by atoms with Gasteiger partial charge in [0.2, 0.25) is 0 Å². The first-order valence-corrected chi connectivity index (χ1v) is 8.25. The van der Waals surface area contributed by atoms with Crippen molar-refractivity contribution in [1.82, 2.24) is 0 Å². The number of benzene rings is 2. The van der Waals surface area contributed by atoms with Gasteiger partial charge in [0.05, 0.1) is 0 Å². The van der Waals surface area contributed by atoms with Crippen LogP contribution in [0.1, 0.15) is 17.5 Å². The molecule has 1 fully saturated rings. The lowest BCUT2D eigenvalue weighted by Crippen LogP contribution is -2.32. The molecule has 0 N–H and O–H groups in total. The molecule has 0 amide bonds. The predicted octanol–water partition coefficient (Wildman–Crippen LogP) is 3.89. The number of ether oxygens (including phenoxy) is 4. The first kappa shape index (κ1) is 16.8. The largest absolute Gasteiger partial charge is 0.491 e. The van der Waals surface area contributed by atoms with Gasteiger partial charge in [0.15, 0.2) is 6.29 Å². The highest BCUT2D eigenvalue weighted by molar-refractivity contribution is 5.27. The van der Waals surface area contributed by atoms with Crippen molar-refractivity contribution in [3.8, 4) is 11.5 Å². The summed E-state index contributed by atoms with van der Waals surface area (Å²) in [6.07, 6.45) is 0.166. The Morgan fingerprint density at radius 1 is 0.917 bits per heavy atom. The minimum absolute atomic E-state index is 0.0943. The van der Waals surface area contributed by atoms with Crippen LogP contribution in [0.3, 0.4) is 0 Å². The molecule has 128 valence electrons.